The van der Waals surface area contributed by atoms with Gasteiger partial charge in [0.05, 0.1) is 0 Å². The summed E-state index contributed by atoms with van der Waals surface area (Å²) in [5, 5.41) is 3.40. The van der Waals surface area contributed by atoms with Crippen LogP contribution >= 0.6 is 0 Å². The number of carbonyl (C=O) groups is 1. The van der Waals surface area contributed by atoms with Crippen molar-refractivity contribution in [2.24, 2.45) is 0 Å². The lowest BCUT2D eigenvalue weighted by Gasteiger charge is -2.36. The van der Waals surface area contributed by atoms with Gasteiger partial charge in [-0.3, -0.25) is 9.78 Å². The van der Waals surface area contributed by atoms with Gasteiger partial charge in [0, 0.05) is 30.8 Å². The zero-order chi connectivity index (χ0) is 12.8. The SMILES string of the molecule is CNC1(CC(=O)Cc2ccncc2)CCCCC1. The number of hydrogen-bond donors (Lipinski definition) is 1. The monoisotopic (exact) mass is 246 g/mol. The summed E-state index contributed by atoms with van der Waals surface area (Å²) in [5.74, 6) is 0.331. The fourth-order valence-corrected chi connectivity index (χ4v) is 2.91. The van der Waals surface area contributed by atoms with E-state index in [2.05, 4.69) is 10.3 Å². The average Bonchev–Trinajstić information content (AvgIpc) is 2.41. The average molecular weight is 246 g/mol. The lowest BCUT2D eigenvalue weighted by molar-refractivity contribution is -0.120. The van der Waals surface area contributed by atoms with Crippen LogP contribution in [0.4, 0.5) is 0 Å². The molecule has 18 heavy (non-hydrogen) atoms. The summed E-state index contributed by atoms with van der Waals surface area (Å²) in [6, 6.07) is 3.84. The van der Waals surface area contributed by atoms with Gasteiger partial charge in [-0.2, -0.15) is 0 Å². The summed E-state index contributed by atoms with van der Waals surface area (Å²) < 4.78 is 0. The van der Waals surface area contributed by atoms with E-state index in [-0.39, 0.29) is 5.54 Å². The molecule has 3 heteroatoms. The normalized spacial score (nSPS) is 18.5. The lowest BCUT2D eigenvalue weighted by atomic mass is 9.78. The van der Waals surface area contributed by atoms with Crippen LogP contribution in [0.25, 0.3) is 0 Å². The summed E-state index contributed by atoms with van der Waals surface area (Å²) in [4.78, 5) is 16.2. The van der Waals surface area contributed by atoms with Crippen LogP contribution < -0.4 is 5.32 Å². The van der Waals surface area contributed by atoms with Crippen molar-refractivity contribution in [3.63, 3.8) is 0 Å². The molecule has 1 aromatic rings. The molecular weight excluding hydrogens is 224 g/mol. The first kappa shape index (κ1) is 13.2. The zero-order valence-corrected chi connectivity index (χ0v) is 11.1. The Kier molecular flexibility index (Phi) is 4.48. The second-order valence-corrected chi connectivity index (χ2v) is 5.34. The van der Waals surface area contributed by atoms with E-state index >= 15 is 0 Å². The van der Waals surface area contributed by atoms with E-state index in [1.165, 1.54) is 19.3 Å². The first-order chi connectivity index (χ1) is 8.74. The molecule has 1 fully saturated rings. The van der Waals surface area contributed by atoms with Gasteiger partial charge < -0.3 is 5.32 Å². The van der Waals surface area contributed by atoms with E-state index in [1.807, 2.05) is 19.2 Å². The molecule has 0 saturated heterocycles. The number of hydrogen-bond acceptors (Lipinski definition) is 3. The smallest absolute Gasteiger partial charge is 0.139 e. The number of rotatable bonds is 5. The van der Waals surface area contributed by atoms with E-state index in [4.69, 9.17) is 0 Å². The van der Waals surface area contributed by atoms with Crippen molar-refractivity contribution in [3.05, 3.63) is 30.1 Å². The summed E-state index contributed by atoms with van der Waals surface area (Å²) in [6.45, 7) is 0. The molecule has 1 heterocycles. The van der Waals surface area contributed by atoms with Crippen molar-refractivity contribution in [1.29, 1.82) is 0 Å². The first-order valence-corrected chi connectivity index (χ1v) is 6.84. The molecule has 1 N–H and O–H groups in total. The molecule has 0 radical (unpaired) electrons. The summed E-state index contributed by atoms with van der Waals surface area (Å²) in [7, 11) is 1.99. The van der Waals surface area contributed by atoms with Gasteiger partial charge in [-0.25, -0.2) is 0 Å². The van der Waals surface area contributed by atoms with Gasteiger partial charge in [-0.1, -0.05) is 19.3 Å². The van der Waals surface area contributed by atoms with Gasteiger partial charge in [0.1, 0.15) is 5.78 Å². The molecular formula is C15H22N2O. The number of Topliss-reactive ketones (excluding diaryl/α,β-unsaturated/α-hetero) is 1. The second kappa shape index (κ2) is 6.10. The largest absolute Gasteiger partial charge is 0.314 e. The van der Waals surface area contributed by atoms with Gasteiger partial charge in [-0.05, 0) is 37.6 Å². The van der Waals surface area contributed by atoms with Crippen molar-refractivity contribution < 1.29 is 4.79 Å². The van der Waals surface area contributed by atoms with Crippen molar-refractivity contribution in [3.8, 4) is 0 Å². The zero-order valence-electron chi connectivity index (χ0n) is 11.1. The number of aromatic nitrogens is 1. The molecule has 0 amide bonds. The molecule has 1 aromatic heterocycles. The number of nitrogens with one attached hydrogen (secondary N) is 1. The van der Waals surface area contributed by atoms with Crippen LogP contribution in [0, 0.1) is 0 Å². The standard InChI is InChI=1S/C15H22N2O/c1-16-15(7-3-2-4-8-15)12-14(18)11-13-5-9-17-10-6-13/h5-6,9-10,16H,2-4,7-8,11-12H2,1H3. The van der Waals surface area contributed by atoms with Crippen LogP contribution in [0.15, 0.2) is 24.5 Å². The topological polar surface area (TPSA) is 42.0 Å². The fourth-order valence-electron chi connectivity index (χ4n) is 2.91. The van der Waals surface area contributed by atoms with E-state index in [0.717, 1.165) is 18.4 Å². The second-order valence-electron chi connectivity index (χ2n) is 5.34. The van der Waals surface area contributed by atoms with Gasteiger partial charge in [0.15, 0.2) is 0 Å². The Morgan fingerprint density at radius 1 is 1.28 bits per heavy atom. The van der Waals surface area contributed by atoms with Gasteiger partial charge in [0.25, 0.3) is 0 Å². The maximum Gasteiger partial charge on any atom is 0.139 e. The van der Waals surface area contributed by atoms with Crippen molar-refractivity contribution in [2.75, 3.05) is 7.05 Å². The van der Waals surface area contributed by atoms with Crippen LogP contribution in [0.5, 0.6) is 0 Å². The highest BCUT2D eigenvalue weighted by Gasteiger charge is 2.32. The van der Waals surface area contributed by atoms with E-state index in [9.17, 15) is 4.79 Å². The van der Waals surface area contributed by atoms with Crippen LogP contribution in [-0.4, -0.2) is 23.4 Å². The third-order valence-corrected chi connectivity index (χ3v) is 4.03. The van der Waals surface area contributed by atoms with Crippen LogP contribution in [0.3, 0.4) is 0 Å². The highest BCUT2D eigenvalue weighted by Crippen LogP contribution is 2.31. The Morgan fingerprint density at radius 3 is 2.56 bits per heavy atom. The highest BCUT2D eigenvalue weighted by molar-refractivity contribution is 5.82. The Labute approximate surface area is 109 Å². The molecule has 0 atom stereocenters. The maximum absolute atomic E-state index is 12.2. The Balaban J connectivity index is 1.93. The Bertz CT molecular complexity index is 383. The molecule has 1 aliphatic rings. The highest BCUT2D eigenvalue weighted by atomic mass is 16.1. The van der Waals surface area contributed by atoms with E-state index in [1.54, 1.807) is 12.4 Å². The van der Waals surface area contributed by atoms with Crippen molar-refractivity contribution in [2.45, 2.75) is 50.5 Å². The summed E-state index contributed by atoms with van der Waals surface area (Å²) in [6.07, 6.45) is 10.7. The molecule has 3 nitrogen and oxygen atoms in total. The predicted molar refractivity (Wildman–Crippen MR) is 72.4 cm³/mol. The number of pyridine rings is 1. The summed E-state index contributed by atoms with van der Waals surface area (Å²) >= 11 is 0. The number of nitrogens with zero attached hydrogens (tertiary/aromatic N) is 1. The minimum absolute atomic E-state index is 0.0579. The summed E-state index contributed by atoms with van der Waals surface area (Å²) in [5.41, 5.74) is 1.12. The molecule has 0 bridgehead atoms. The molecule has 0 aromatic carbocycles. The Hall–Kier alpha value is -1.22. The molecule has 98 valence electrons. The van der Waals surface area contributed by atoms with Crippen molar-refractivity contribution in [1.82, 2.24) is 10.3 Å². The number of ketones is 1. The maximum atomic E-state index is 12.2. The molecule has 1 aliphatic carbocycles. The van der Waals surface area contributed by atoms with Gasteiger partial charge in [-0.15, -0.1) is 0 Å². The Morgan fingerprint density at radius 2 is 1.94 bits per heavy atom. The van der Waals surface area contributed by atoms with E-state index in [0.29, 0.717) is 18.6 Å². The number of carbonyl (C=O) groups excluding carboxylic acids is 1. The molecule has 1 saturated carbocycles. The molecule has 2 rings (SSSR count). The van der Waals surface area contributed by atoms with Crippen molar-refractivity contribution >= 4 is 5.78 Å². The minimum atomic E-state index is 0.0579. The molecule has 0 unspecified atom stereocenters. The van der Waals surface area contributed by atoms with Crippen LogP contribution in [0.2, 0.25) is 0 Å². The third-order valence-electron chi connectivity index (χ3n) is 4.03. The molecule has 0 aliphatic heterocycles. The van der Waals surface area contributed by atoms with Gasteiger partial charge in [0.2, 0.25) is 0 Å². The predicted octanol–water partition coefficient (Wildman–Crippen LogP) is 2.51. The quantitative estimate of drug-likeness (QED) is 0.868. The fraction of sp³-hybridized carbons (Fsp3) is 0.600. The third kappa shape index (κ3) is 3.39. The van der Waals surface area contributed by atoms with Gasteiger partial charge >= 0.3 is 0 Å². The van der Waals surface area contributed by atoms with E-state index < -0.39 is 0 Å². The first-order valence-electron chi connectivity index (χ1n) is 6.84. The minimum Gasteiger partial charge on any atom is -0.314 e. The molecule has 0 spiro atoms. The lowest BCUT2D eigenvalue weighted by Crippen LogP contribution is -2.46. The van der Waals surface area contributed by atoms with Crippen LogP contribution in [0.1, 0.15) is 44.1 Å². The van der Waals surface area contributed by atoms with Crippen LogP contribution in [-0.2, 0) is 11.2 Å².